The molecule has 1 aromatic rings. The van der Waals surface area contributed by atoms with Crippen LogP contribution in [0.25, 0.3) is 0 Å². The van der Waals surface area contributed by atoms with Gasteiger partial charge in [-0.25, -0.2) is 0 Å². The average molecular weight is 259 g/mol. The van der Waals surface area contributed by atoms with E-state index in [2.05, 4.69) is 34.7 Å². The third-order valence-corrected chi connectivity index (χ3v) is 3.15. The first-order valence-corrected chi connectivity index (χ1v) is 4.92. The summed E-state index contributed by atoms with van der Waals surface area (Å²) in [4.78, 5) is 0. The highest BCUT2D eigenvalue weighted by molar-refractivity contribution is 14.1. The van der Waals surface area contributed by atoms with Crippen LogP contribution in [0.5, 0.6) is 0 Å². The van der Waals surface area contributed by atoms with Crippen LogP contribution >= 0.6 is 22.6 Å². The van der Waals surface area contributed by atoms with Crippen molar-refractivity contribution in [1.82, 2.24) is 0 Å². The van der Waals surface area contributed by atoms with E-state index in [-0.39, 0.29) is 0 Å². The average Bonchev–Trinajstić information content (AvgIpc) is 2.34. The van der Waals surface area contributed by atoms with E-state index in [4.69, 9.17) is 5.73 Å². The van der Waals surface area contributed by atoms with Crippen LogP contribution in [0.4, 0.5) is 5.69 Å². The highest BCUT2D eigenvalue weighted by Gasteiger charge is 2.13. The Balaban J connectivity index is 2.60. The second-order valence-electron chi connectivity index (χ2n) is 2.99. The van der Waals surface area contributed by atoms with Gasteiger partial charge in [0.25, 0.3) is 0 Å². The summed E-state index contributed by atoms with van der Waals surface area (Å²) >= 11 is 2.37. The molecule has 0 atom stereocenters. The largest absolute Gasteiger partial charge is 0.399 e. The fourth-order valence-corrected chi connectivity index (χ4v) is 2.65. The Morgan fingerprint density at radius 1 is 1.27 bits per heavy atom. The van der Waals surface area contributed by atoms with Gasteiger partial charge >= 0.3 is 0 Å². The van der Waals surface area contributed by atoms with E-state index in [1.165, 1.54) is 34.0 Å². The summed E-state index contributed by atoms with van der Waals surface area (Å²) in [6.45, 7) is 0. The number of halogens is 1. The molecule has 1 aliphatic rings. The molecule has 11 heavy (non-hydrogen) atoms. The van der Waals surface area contributed by atoms with Gasteiger partial charge in [-0.3, -0.25) is 0 Å². The minimum absolute atomic E-state index is 0.912. The van der Waals surface area contributed by atoms with Gasteiger partial charge in [-0.1, -0.05) is 0 Å². The predicted octanol–water partition coefficient (Wildman–Crippen LogP) is 2.36. The number of anilines is 1. The number of hydrogen-bond acceptors (Lipinski definition) is 1. The molecule has 0 unspecified atom stereocenters. The smallest absolute Gasteiger partial charge is 0.0327 e. The van der Waals surface area contributed by atoms with Crippen LogP contribution in [-0.4, -0.2) is 0 Å². The highest BCUT2D eigenvalue weighted by Crippen LogP contribution is 2.28. The van der Waals surface area contributed by atoms with Crippen molar-refractivity contribution in [3.05, 3.63) is 26.8 Å². The number of fused-ring (bicyclic) bond motifs is 1. The van der Waals surface area contributed by atoms with Gasteiger partial charge in [0, 0.05) is 9.26 Å². The van der Waals surface area contributed by atoms with Crippen molar-refractivity contribution in [2.75, 3.05) is 5.73 Å². The lowest BCUT2D eigenvalue weighted by Crippen LogP contribution is -1.92. The number of rotatable bonds is 0. The molecule has 2 rings (SSSR count). The van der Waals surface area contributed by atoms with Gasteiger partial charge in [-0.15, -0.1) is 0 Å². The fraction of sp³-hybridized carbons (Fsp3) is 0.333. The third kappa shape index (κ3) is 1.24. The Kier molecular flexibility index (Phi) is 1.79. The summed E-state index contributed by atoms with van der Waals surface area (Å²) in [5, 5.41) is 0. The Morgan fingerprint density at radius 2 is 2.09 bits per heavy atom. The molecule has 0 saturated carbocycles. The van der Waals surface area contributed by atoms with E-state index in [0.717, 1.165) is 5.69 Å². The van der Waals surface area contributed by atoms with E-state index in [0.29, 0.717) is 0 Å². The minimum atomic E-state index is 0.912. The van der Waals surface area contributed by atoms with E-state index in [9.17, 15) is 0 Å². The van der Waals surface area contributed by atoms with Crippen LogP contribution in [0.1, 0.15) is 17.5 Å². The van der Waals surface area contributed by atoms with Crippen LogP contribution in [-0.2, 0) is 12.8 Å². The van der Waals surface area contributed by atoms with E-state index >= 15 is 0 Å². The zero-order chi connectivity index (χ0) is 7.84. The molecule has 0 spiro atoms. The number of benzene rings is 1. The van der Waals surface area contributed by atoms with Gasteiger partial charge in [-0.05, 0) is 65.1 Å². The lowest BCUT2D eigenvalue weighted by Gasteiger charge is -2.03. The van der Waals surface area contributed by atoms with Crippen molar-refractivity contribution in [3.63, 3.8) is 0 Å². The van der Waals surface area contributed by atoms with E-state index in [1.54, 1.807) is 0 Å². The molecular formula is C9H10IN. The first-order valence-electron chi connectivity index (χ1n) is 3.84. The summed E-state index contributed by atoms with van der Waals surface area (Å²) in [6, 6.07) is 4.18. The maximum Gasteiger partial charge on any atom is 0.0327 e. The molecule has 1 nitrogen and oxygen atoms in total. The molecule has 0 fully saturated rings. The first kappa shape index (κ1) is 7.40. The van der Waals surface area contributed by atoms with Crippen molar-refractivity contribution in [2.24, 2.45) is 0 Å². The van der Waals surface area contributed by atoms with Crippen molar-refractivity contribution in [3.8, 4) is 0 Å². The van der Waals surface area contributed by atoms with Crippen LogP contribution in [0.2, 0.25) is 0 Å². The second-order valence-corrected chi connectivity index (χ2v) is 4.16. The topological polar surface area (TPSA) is 26.0 Å². The highest BCUT2D eigenvalue weighted by atomic mass is 127. The molecule has 1 aromatic carbocycles. The monoisotopic (exact) mass is 259 g/mol. The van der Waals surface area contributed by atoms with Gasteiger partial charge in [0.1, 0.15) is 0 Å². The lowest BCUT2D eigenvalue weighted by molar-refractivity contribution is 0.910. The maximum absolute atomic E-state index is 5.73. The zero-order valence-corrected chi connectivity index (χ0v) is 8.39. The standard InChI is InChI=1S/C9H10IN/c10-9-5-7(11)4-6-2-1-3-8(6)9/h4-5H,1-3,11H2. The molecule has 0 saturated heterocycles. The predicted molar refractivity (Wildman–Crippen MR) is 55.6 cm³/mol. The van der Waals surface area contributed by atoms with Crippen molar-refractivity contribution in [2.45, 2.75) is 19.3 Å². The SMILES string of the molecule is Nc1cc(I)c2c(c1)CCC2. The van der Waals surface area contributed by atoms with Crippen molar-refractivity contribution >= 4 is 28.3 Å². The molecule has 0 aromatic heterocycles. The molecular weight excluding hydrogens is 249 g/mol. The van der Waals surface area contributed by atoms with Gasteiger partial charge in [0.15, 0.2) is 0 Å². The second kappa shape index (κ2) is 2.66. The summed E-state index contributed by atoms with van der Waals surface area (Å²) in [5.41, 5.74) is 9.63. The number of aryl methyl sites for hydroxylation is 1. The Bertz CT molecular complexity index is 294. The van der Waals surface area contributed by atoms with Gasteiger partial charge in [0.05, 0.1) is 0 Å². The molecule has 0 bridgehead atoms. The van der Waals surface area contributed by atoms with E-state index in [1.807, 2.05) is 0 Å². The van der Waals surface area contributed by atoms with Gasteiger partial charge < -0.3 is 5.73 Å². The summed E-state index contributed by atoms with van der Waals surface area (Å²) < 4.78 is 1.34. The Hall–Kier alpha value is -0.250. The molecule has 0 radical (unpaired) electrons. The van der Waals surface area contributed by atoms with E-state index < -0.39 is 0 Å². The fourth-order valence-electron chi connectivity index (χ4n) is 1.68. The summed E-state index contributed by atoms with van der Waals surface area (Å²) in [7, 11) is 0. The Morgan fingerprint density at radius 3 is 2.91 bits per heavy atom. The Labute approximate surface area is 80.1 Å². The first-order chi connectivity index (χ1) is 5.27. The van der Waals surface area contributed by atoms with Crippen LogP contribution in [0, 0.1) is 3.57 Å². The minimum Gasteiger partial charge on any atom is -0.399 e. The number of nitrogens with two attached hydrogens (primary N) is 1. The van der Waals surface area contributed by atoms with Crippen molar-refractivity contribution < 1.29 is 0 Å². The molecule has 0 heterocycles. The molecule has 58 valence electrons. The maximum atomic E-state index is 5.73. The summed E-state index contributed by atoms with van der Waals surface area (Å²) in [5.74, 6) is 0. The molecule has 2 heteroatoms. The quantitative estimate of drug-likeness (QED) is 0.561. The lowest BCUT2D eigenvalue weighted by atomic mass is 10.1. The van der Waals surface area contributed by atoms with Gasteiger partial charge in [-0.2, -0.15) is 0 Å². The van der Waals surface area contributed by atoms with Crippen LogP contribution < -0.4 is 5.73 Å². The number of nitrogen functional groups attached to an aromatic ring is 1. The summed E-state index contributed by atoms with van der Waals surface area (Å²) in [6.07, 6.45) is 3.76. The zero-order valence-electron chi connectivity index (χ0n) is 6.23. The molecule has 0 aliphatic heterocycles. The van der Waals surface area contributed by atoms with Crippen LogP contribution in [0.15, 0.2) is 12.1 Å². The molecule has 1 aliphatic carbocycles. The van der Waals surface area contributed by atoms with Crippen LogP contribution in [0.3, 0.4) is 0 Å². The van der Waals surface area contributed by atoms with Gasteiger partial charge in [0.2, 0.25) is 0 Å². The normalized spacial score (nSPS) is 15.0. The molecule has 2 N–H and O–H groups in total. The number of hydrogen-bond donors (Lipinski definition) is 1. The van der Waals surface area contributed by atoms with Crippen molar-refractivity contribution in [1.29, 1.82) is 0 Å². The third-order valence-electron chi connectivity index (χ3n) is 2.18. The molecule has 0 amide bonds.